The van der Waals surface area contributed by atoms with E-state index in [1.165, 1.54) is 9.13 Å². The van der Waals surface area contributed by atoms with Gasteiger partial charge in [-0.1, -0.05) is 36.4 Å². The first kappa shape index (κ1) is 18.0. The molecule has 4 rings (SSSR count). The zero-order chi connectivity index (χ0) is 19.0. The summed E-state index contributed by atoms with van der Waals surface area (Å²) in [5.41, 5.74) is 10.6. The average molecular weight is 470 g/mol. The normalized spacial score (nSPS) is 11.3. The summed E-state index contributed by atoms with van der Waals surface area (Å²) in [4.78, 5) is 12.0. The summed E-state index contributed by atoms with van der Waals surface area (Å²) in [6.45, 7) is 1.26. The highest BCUT2D eigenvalue weighted by Crippen LogP contribution is 2.33. The molecule has 0 aliphatic heterocycles. The molecule has 27 heavy (non-hydrogen) atoms. The molecule has 0 aliphatic carbocycles. The Morgan fingerprint density at radius 3 is 2.63 bits per heavy atom. The molecule has 4 aromatic rings. The lowest BCUT2D eigenvalue weighted by Gasteiger charge is -2.10. The maximum absolute atomic E-state index is 12.0. The van der Waals surface area contributed by atoms with Crippen molar-refractivity contribution in [1.29, 1.82) is 0 Å². The van der Waals surface area contributed by atoms with E-state index in [9.17, 15) is 4.79 Å². The number of carbonyl (C=O) groups excluding carboxylic acids is 1. The molecular weight excluding hydrogens is 451 g/mol. The summed E-state index contributed by atoms with van der Waals surface area (Å²) >= 11 is 2.36. The lowest BCUT2D eigenvalue weighted by Crippen LogP contribution is -2.11. The Bertz CT molecular complexity index is 1160. The van der Waals surface area contributed by atoms with Gasteiger partial charge >= 0.3 is 0 Å². The molecule has 1 aromatic heterocycles. The predicted octanol–water partition coefficient (Wildman–Crippen LogP) is 4.69. The number of ether oxygens (including phenoxy) is 1. The first-order chi connectivity index (χ1) is 13.1. The van der Waals surface area contributed by atoms with Crippen LogP contribution in [-0.4, -0.2) is 17.6 Å². The van der Waals surface area contributed by atoms with Gasteiger partial charge in [0.1, 0.15) is 0 Å². The monoisotopic (exact) mass is 470 g/mol. The minimum atomic E-state index is -0.407. The fourth-order valence-electron chi connectivity index (χ4n) is 3.62. The number of methoxy groups -OCH3 is 1. The highest BCUT2D eigenvalue weighted by Gasteiger charge is 2.17. The van der Waals surface area contributed by atoms with Crippen LogP contribution in [-0.2, 0) is 17.9 Å². The summed E-state index contributed by atoms with van der Waals surface area (Å²) < 4.78 is 8.78. The molecule has 5 heteroatoms. The lowest BCUT2D eigenvalue weighted by atomic mass is 10.0. The highest BCUT2D eigenvalue weighted by molar-refractivity contribution is 14.1. The van der Waals surface area contributed by atoms with Gasteiger partial charge in [-0.25, -0.2) is 0 Å². The summed E-state index contributed by atoms with van der Waals surface area (Å²) in [7, 11) is 1.69. The van der Waals surface area contributed by atoms with Crippen LogP contribution in [0.15, 0.2) is 60.7 Å². The Morgan fingerprint density at radius 2 is 1.89 bits per heavy atom. The van der Waals surface area contributed by atoms with Crippen molar-refractivity contribution in [3.63, 3.8) is 0 Å². The van der Waals surface area contributed by atoms with Gasteiger partial charge in [0.15, 0.2) is 0 Å². The third kappa shape index (κ3) is 3.21. The Balaban J connectivity index is 2.04. The highest BCUT2D eigenvalue weighted by atomic mass is 127. The van der Waals surface area contributed by atoms with Crippen LogP contribution >= 0.6 is 22.6 Å². The second-order valence-electron chi connectivity index (χ2n) is 6.53. The molecule has 0 bridgehead atoms. The van der Waals surface area contributed by atoms with E-state index >= 15 is 0 Å². The lowest BCUT2D eigenvalue weighted by molar-refractivity contribution is 0.100. The molecule has 4 nitrogen and oxygen atoms in total. The van der Waals surface area contributed by atoms with Crippen molar-refractivity contribution in [2.45, 2.75) is 13.2 Å². The van der Waals surface area contributed by atoms with E-state index in [0.717, 1.165) is 33.9 Å². The van der Waals surface area contributed by atoms with Crippen molar-refractivity contribution >= 4 is 50.3 Å². The maximum atomic E-state index is 12.0. The first-order valence-electron chi connectivity index (χ1n) is 8.66. The van der Waals surface area contributed by atoms with Crippen molar-refractivity contribution in [2.24, 2.45) is 5.73 Å². The number of hydrogen-bond donors (Lipinski definition) is 1. The largest absolute Gasteiger partial charge is 0.380 e. The SMILES string of the molecule is COCc1ccc2c3c(C(N)=O)cccc3n(Cc3ccccc3I)c2c1. The molecule has 1 amide bonds. The second-order valence-corrected chi connectivity index (χ2v) is 7.69. The van der Waals surface area contributed by atoms with E-state index in [2.05, 4.69) is 57.5 Å². The summed E-state index contributed by atoms with van der Waals surface area (Å²) in [6, 6.07) is 20.3. The molecule has 0 spiro atoms. The van der Waals surface area contributed by atoms with Gasteiger partial charge in [-0.15, -0.1) is 0 Å². The molecule has 0 radical (unpaired) electrons. The Hall–Kier alpha value is -2.38. The number of nitrogens with zero attached hydrogens (tertiary/aromatic N) is 1. The van der Waals surface area contributed by atoms with E-state index in [0.29, 0.717) is 12.2 Å². The Labute approximate surface area is 171 Å². The maximum Gasteiger partial charge on any atom is 0.249 e. The Kier molecular flexibility index (Phi) is 4.88. The van der Waals surface area contributed by atoms with E-state index in [1.54, 1.807) is 13.2 Å². The van der Waals surface area contributed by atoms with Gasteiger partial charge in [0.05, 0.1) is 12.1 Å². The van der Waals surface area contributed by atoms with Crippen molar-refractivity contribution in [3.05, 3.63) is 80.9 Å². The number of carbonyl (C=O) groups is 1. The standard InChI is InChI=1S/C22H19IN2O2/c1-27-13-14-9-10-16-20(11-14)25(12-15-5-2-3-7-18(15)23)19-8-4-6-17(21(16)19)22(24)26/h2-11H,12-13H2,1H3,(H2,24,26). The average Bonchev–Trinajstić information content (AvgIpc) is 2.97. The molecule has 0 unspecified atom stereocenters. The number of halogens is 1. The molecular formula is C22H19IN2O2. The number of amides is 1. The van der Waals surface area contributed by atoms with Crippen LogP contribution < -0.4 is 5.73 Å². The van der Waals surface area contributed by atoms with Crippen molar-refractivity contribution < 1.29 is 9.53 Å². The van der Waals surface area contributed by atoms with E-state index in [1.807, 2.05) is 24.3 Å². The molecule has 0 saturated carbocycles. The van der Waals surface area contributed by atoms with Crippen molar-refractivity contribution in [1.82, 2.24) is 4.57 Å². The number of nitrogens with two attached hydrogens (primary N) is 1. The van der Waals surface area contributed by atoms with Crippen LogP contribution in [0.2, 0.25) is 0 Å². The van der Waals surface area contributed by atoms with E-state index in [4.69, 9.17) is 10.5 Å². The molecule has 0 aliphatic rings. The molecule has 2 N–H and O–H groups in total. The van der Waals surface area contributed by atoms with Crippen LogP contribution in [0.5, 0.6) is 0 Å². The van der Waals surface area contributed by atoms with E-state index < -0.39 is 5.91 Å². The molecule has 136 valence electrons. The number of fused-ring (bicyclic) bond motifs is 3. The zero-order valence-electron chi connectivity index (χ0n) is 14.9. The van der Waals surface area contributed by atoms with Gasteiger partial charge in [-0.05, 0) is 58.0 Å². The predicted molar refractivity (Wildman–Crippen MR) is 117 cm³/mol. The fourth-order valence-corrected chi connectivity index (χ4v) is 4.18. The van der Waals surface area contributed by atoms with Crippen LogP contribution in [0.4, 0.5) is 0 Å². The minimum absolute atomic E-state index is 0.407. The van der Waals surface area contributed by atoms with Crippen LogP contribution in [0, 0.1) is 3.57 Å². The summed E-state index contributed by atoms with van der Waals surface area (Å²) in [5, 5.41) is 1.94. The summed E-state index contributed by atoms with van der Waals surface area (Å²) in [5.74, 6) is -0.407. The van der Waals surface area contributed by atoms with Gasteiger partial charge < -0.3 is 15.0 Å². The van der Waals surface area contributed by atoms with Gasteiger partial charge in [-0.2, -0.15) is 0 Å². The molecule has 0 atom stereocenters. The second kappa shape index (κ2) is 7.32. The first-order valence-corrected chi connectivity index (χ1v) is 9.74. The quantitative estimate of drug-likeness (QED) is 0.431. The van der Waals surface area contributed by atoms with Crippen LogP contribution in [0.3, 0.4) is 0 Å². The number of aromatic nitrogens is 1. The van der Waals surface area contributed by atoms with Crippen LogP contribution in [0.25, 0.3) is 21.8 Å². The molecule has 1 heterocycles. The van der Waals surface area contributed by atoms with Crippen molar-refractivity contribution in [3.8, 4) is 0 Å². The van der Waals surface area contributed by atoms with Crippen molar-refractivity contribution in [2.75, 3.05) is 7.11 Å². The number of rotatable bonds is 5. The van der Waals surface area contributed by atoms with E-state index in [-0.39, 0.29) is 0 Å². The number of benzene rings is 3. The third-order valence-electron chi connectivity index (χ3n) is 4.82. The topological polar surface area (TPSA) is 57.2 Å². The molecule has 0 fully saturated rings. The number of hydrogen-bond acceptors (Lipinski definition) is 2. The van der Waals surface area contributed by atoms with Crippen LogP contribution in [0.1, 0.15) is 21.5 Å². The smallest absolute Gasteiger partial charge is 0.249 e. The minimum Gasteiger partial charge on any atom is -0.380 e. The number of primary amides is 1. The zero-order valence-corrected chi connectivity index (χ0v) is 17.1. The van der Waals surface area contributed by atoms with Gasteiger partial charge in [0.2, 0.25) is 5.91 Å². The third-order valence-corrected chi connectivity index (χ3v) is 5.87. The van der Waals surface area contributed by atoms with Gasteiger partial charge in [-0.3, -0.25) is 4.79 Å². The summed E-state index contributed by atoms with van der Waals surface area (Å²) in [6.07, 6.45) is 0. The van der Waals surface area contributed by atoms with Gasteiger partial charge in [0.25, 0.3) is 0 Å². The molecule has 3 aromatic carbocycles. The molecule has 0 saturated heterocycles. The Morgan fingerprint density at radius 1 is 1.07 bits per heavy atom. The fraction of sp³-hybridized carbons (Fsp3) is 0.136. The van der Waals surface area contributed by atoms with Gasteiger partial charge in [0, 0.05) is 39.1 Å².